The third kappa shape index (κ3) is 4.65. The lowest BCUT2D eigenvalue weighted by molar-refractivity contribution is 0.00217. The number of nitrogens with zero attached hydrogens (tertiary/aromatic N) is 3. The Kier molecular flexibility index (Phi) is 5.76. The van der Waals surface area contributed by atoms with Crippen LogP contribution in [0, 0.1) is 0 Å². The van der Waals surface area contributed by atoms with E-state index in [-0.39, 0.29) is 18.7 Å². The van der Waals surface area contributed by atoms with Crippen LogP contribution in [0.4, 0.5) is 4.79 Å². The van der Waals surface area contributed by atoms with Crippen LogP contribution >= 0.6 is 0 Å². The minimum atomic E-state index is -3.54. The molecule has 1 amide bonds. The fourth-order valence-electron chi connectivity index (χ4n) is 3.59. The standard InChI is InChI=1S/C17H33N3O4S/c1-14-9-7-8-10-19(14)25(22,23)20-12-11-18(13-17(20,5)6)15(21)24-16(2,3)4/h14H,7-13H2,1-6H3/t14-/m0/s1. The van der Waals surface area contributed by atoms with Crippen molar-refractivity contribution >= 4 is 16.3 Å². The van der Waals surface area contributed by atoms with Crippen LogP contribution < -0.4 is 0 Å². The van der Waals surface area contributed by atoms with Crippen LogP contribution in [0.2, 0.25) is 0 Å². The van der Waals surface area contributed by atoms with Crippen LogP contribution in [0.3, 0.4) is 0 Å². The molecule has 2 aliphatic rings. The molecule has 25 heavy (non-hydrogen) atoms. The highest BCUT2D eigenvalue weighted by atomic mass is 32.2. The number of hydrogen-bond acceptors (Lipinski definition) is 4. The van der Waals surface area contributed by atoms with Crippen LogP contribution in [0.25, 0.3) is 0 Å². The summed E-state index contributed by atoms with van der Waals surface area (Å²) in [5.41, 5.74) is -1.24. The summed E-state index contributed by atoms with van der Waals surface area (Å²) in [4.78, 5) is 13.9. The summed E-state index contributed by atoms with van der Waals surface area (Å²) in [6, 6.07) is 0.0263. The van der Waals surface area contributed by atoms with Crippen molar-refractivity contribution in [3.8, 4) is 0 Å². The van der Waals surface area contributed by atoms with Gasteiger partial charge < -0.3 is 9.64 Å². The predicted molar refractivity (Wildman–Crippen MR) is 97.5 cm³/mol. The van der Waals surface area contributed by atoms with E-state index in [0.29, 0.717) is 19.6 Å². The minimum absolute atomic E-state index is 0.0263. The first-order valence-corrected chi connectivity index (χ1v) is 10.5. The molecule has 0 radical (unpaired) electrons. The normalized spacial score (nSPS) is 26.5. The first kappa shape index (κ1) is 20.5. The molecule has 0 aromatic heterocycles. The molecule has 0 saturated carbocycles. The molecule has 8 heteroatoms. The molecule has 0 bridgehead atoms. The molecule has 0 aromatic rings. The molecule has 0 aromatic carbocycles. The maximum absolute atomic E-state index is 13.2. The molecule has 2 rings (SSSR count). The lowest BCUT2D eigenvalue weighted by Gasteiger charge is -2.48. The van der Waals surface area contributed by atoms with E-state index >= 15 is 0 Å². The fraction of sp³-hybridized carbons (Fsp3) is 0.941. The van der Waals surface area contributed by atoms with Gasteiger partial charge in [-0.1, -0.05) is 6.42 Å². The van der Waals surface area contributed by atoms with Gasteiger partial charge in [-0.05, 0) is 54.4 Å². The first-order chi connectivity index (χ1) is 11.3. The fourth-order valence-corrected chi connectivity index (χ4v) is 5.76. The highest BCUT2D eigenvalue weighted by molar-refractivity contribution is 7.86. The van der Waals surface area contributed by atoms with Crippen molar-refractivity contribution in [2.24, 2.45) is 0 Å². The minimum Gasteiger partial charge on any atom is -0.444 e. The van der Waals surface area contributed by atoms with Gasteiger partial charge in [-0.15, -0.1) is 0 Å². The Bertz CT molecular complexity index is 598. The molecule has 0 unspecified atom stereocenters. The van der Waals surface area contributed by atoms with Gasteiger partial charge in [-0.2, -0.15) is 17.0 Å². The lowest BCUT2D eigenvalue weighted by Crippen LogP contribution is -2.65. The zero-order valence-electron chi connectivity index (χ0n) is 16.4. The highest BCUT2D eigenvalue weighted by Crippen LogP contribution is 2.30. The lowest BCUT2D eigenvalue weighted by atomic mass is 10.0. The summed E-state index contributed by atoms with van der Waals surface area (Å²) in [6.45, 7) is 12.7. The molecule has 7 nitrogen and oxygen atoms in total. The summed E-state index contributed by atoms with van der Waals surface area (Å²) in [5.74, 6) is 0. The number of piperazine rings is 1. The Hall–Kier alpha value is -0.860. The molecule has 0 N–H and O–H groups in total. The summed E-state index contributed by atoms with van der Waals surface area (Å²) < 4.78 is 35.0. The second kappa shape index (κ2) is 7.04. The quantitative estimate of drug-likeness (QED) is 0.743. The summed E-state index contributed by atoms with van der Waals surface area (Å²) in [7, 11) is -3.54. The van der Waals surface area contributed by atoms with E-state index in [9.17, 15) is 13.2 Å². The van der Waals surface area contributed by atoms with Gasteiger partial charge in [0.05, 0.1) is 0 Å². The van der Waals surface area contributed by atoms with Gasteiger partial charge in [-0.3, -0.25) is 0 Å². The number of ether oxygens (including phenoxy) is 1. The van der Waals surface area contributed by atoms with Crippen LogP contribution in [-0.2, 0) is 14.9 Å². The van der Waals surface area contributed by atoms with E-state index < -0.39 is 21.3 Å². The van der Waals surface area contributed by atoms with E-state index in [1.165, 1.54) is 0 Å². The first-order valence-electron chi connectivity index (χ1n) is 9.12. The van der Waals surface area contributed by atoms with E-state index in [1.54, 1.807) is 13.5 Å². The highest BCUT2D eigenvalue weighted by Gasteiger charge is 2.46. The van der Waals surface area contributed by atoms with Crippen LogP contribution in [0.1, 0.15) is 60.8 Å². The Labute approximate surface area is 152 Å². The third-order valence-electron chi connectivity index (χ3n) is 4.79. The number of amides is 1. The van der Waals surface area contributed by atoms with Crippen molar-refractivity contribution in [3.05, 3.63) is 0 Å². The van der Waals surface area contributed by atoms with Gasteiger partial charge in [0.2, 0.25) is 0 Å². The van der Waals surface area contributed by atoms with Crippen molar-refractivity contribution in [1.82, 2.24) is 13.5 Å². The van der Waals surface area contributed by atoms with E-state index in [1.807, 2.05) is 41.5 Å². The van der Waals surface area contributed by atoms with Gasteiger partial charge in [0, 0.05) is 37.8 Å². The maximum Gasteiger partial charge on any atom is 0.410 e. The Morgan fingerprint density at radius 3 is 2.28 bits per heavy atom. The van der Waals surface area contributed by atoms with Gasteiger partial charge in [0.25, 0.3) is 10.2 Å². The number of piperidine rings is 1. The molecule has 0 aliphatic carbocycles. The number of carbonyl (C=O) groups is 1. The van der Waals surface area contributed by atoms with E-state index in [2.05, 4.69) is 0 Å². The zero-order valence-corrected chi connectivity index (χ0v) is 17.2. The van der Waals surface area contributed by atoms with Crippen molar-refractivity contribution in [3.63, 3.8) is 0 Å². The third-order valence-corrected chi connectivity index (χ3v) is 7.16. The molecule has 2 heterocycles. The monoisotopic (exact) mass is 375 g/mol. The van der Waals surface area contributed by atoms with Gasteiger partial charge >= 0.3 is 6.09 Å². The van der Waals surface area contributed by atoms with Crippen LogP contribution in [0.5, 0.6) is 0 Å². The summed E-state index contributed by atoms with van der Waals surface area (Å²) in [5, 5.41) is 0. The zero-order chi connectivity index (χ0) is 19.0. The molecular formula is C17H33N3O4S. The predicted octanol–water partition coefficient (Wildman–Crippen LogP) is 2.44. The summed E-state index contributed by atoms with van der Waals surface area (Å²) >= 11 is 0. The largest absolute Gasteiger partial charge is 0.444 e. The molecule has 1 atom stereocenters. The van der Waals surface area contributed by atoms with Crippen molar-refractivity contribution in [2.75, 3.05) is 26.2 Å². The van der Waals surface area contributed by atoms with Gasteiger partial charge in [0.1, 0.15) is 5.60 Å². The average molecular weight is 376 g/mol. The van der Waals surface area contributed by atoms with E-state index in [0.717, 1.165) is 19.3 Å². The van der Waals surface area contributed by atoms with Crippen LogP contribution in [0.15, 0.2) is 0 Å². The maximum atomic E-state index is 13.2. The molecule has 2 fully saturated rings. The van der Waals surface area contributed by atoms with Crippen molar-refractivity contribution in [1.29, 1.82) is 0 Å². The number of carbonyl (C=O) groups excluding carboxylic acids is 1. The number of hydrogen-bond donors (Lipinski definition) is 0. The second-order valence-corrected chi connectivity index (χ2v) is 10.6. The molecule has 2 aliphatic heterocycles. The molecule has 0 spiro atoms. The van der Waals surface area contributed by atoms with Crippen molar-refractivity contribution in [2.45, 2.75) is 78.0 Å². The average Bonchev–Trinajstić information content (AvgIpc) is 2.44. The molecular weight excluding hydrogens is 342 g/mol. The Balaban J connectivity index is 2.13. The molecule has 2 saturated heterocycles. The van der Waals surface area contributed by atoms with Crippen LogP contribution in [-0.4, -0.2) is 71.4 Å². The Morgan fingerprint density at radius 2 is 1.76 bits per heavy atom. The SMILES string of the molecule is C[C@H]1CCCCN1S(=O)(=O)N1CCN(C(=O)OC(C)(C)C)CC1(C)C. The topological polar surface area (TPSA) is 70.2 Å². The van der Waals surface area contributed by atoms with E-state index in [4.69, 9.17) is 4.74 Å². The van der Waals surface area contributed by atoms with Gasteiger partial charge in [0.15, 0.2) is 0 Å². The smallest absolute Gasteiger partial charge is 0.410 e. The second-order valence-electron chi connectivity index (χ2n) is 8.75. The summed E-state index contributed by atoms with van der Waals surface area (Å²) in [6.07, 6.45) is 2.49. The number of rotatable bonds is 2. The Morgan fingerprint density at radius 1 is 1.12 bits per heavy atom. The van der Waals surface area contributed by atoms with Gasteiger partial charge in [-0.25, -0.2) is 4.79 Å². The molecule has 146 valence electrons. The van der Waals surface area contributed by atoms with Crippen molar-refractivity contribution < 1.29 is 17.9 Å².